The summed E-state index contributed by atoms with van der Waals surface area (Å²) in [6, 6.07) is 25.1. The fraction of sp³-hybridized carbons (Fsp3) is 0.449. The average molecular weight is 1120 g/mol. The zero-order valence-electron chi connectivity index (χ0n) is 41.8. The lowest BCUT2D eigenvalue weighted by Crippen LogP contribution is -2.49. The summed E-state index contributed by atoms with van der Waals surface area (Å²) in [5, 5.41) is 18.9. The molecular weight excluding hydrogens is 1050 g/mol. The van der Waals surface area contributed by atoms with E-state index < -0.39 is 92.4 Å². The van der Waals surface area contributed by atoms with Crippen molar-refractivity contribution >= 4 is 74.3 Å². The Morgan fingerprint density at radius 2 is 0.857 bits per heavy atom. The zero-order chi connectivity index (χ0) is 56.1. The molecule has 7 N–H and O–H groups in total. The van der Waals surface area contributed by atoms with Crippen LogP contribution in [0.1, 0.15) is 93.7 Å². The third-order valence-corrected chi connectivity index (χ3v) is 13.3. The summed E-state index contributed by atoms with van der Waals surface area (Å²) in [5.41, 5.74) is 2.54. The molecule has 0 spiro atoms. The number of carbonyl (C=O) groups excluding carboxylic acids is 8. The largest absolute Gasteiger partial charge is 0.480 e. The molecular formula is C49H62N8O18S2. The van der Waals surface area contributed by atoms with E-state index in [9.17, 15) is 60.0 Å². The number of carboxylic acids is 1. The second-order valence-corrected chi connectivity index (χ2v) is 20.6. The predicted molar refractivity (Wildman–Crippen MR) is 268 cm³/mol. The van der Waals surface area contributed by atoms with E-state index in [0.29, 0.717) is 63.2 Å². The van der Waals surface area contributed by atoms with Gasteiger partial charge in [0.1, 0.15) is 37.9 Å². The molecule has 3 atom stereocenters. The molecule has 77 heavy (non-hydrogen) atoms. The molecule has 3 aromatic rings. The van der Waals surface area contributed by atoms with Crippen molar-refractivity contribution < 1.29 is 84.1 Å². The molecule has 5 fully saturated rings. The van der Waals surface area contributed by atoms with Gasteiger partial charge in [-0.3, -0.25) is 33.9 Å². The Bertz CT molecular complexity index is 2760. The summed E-state index contributed by atoms with van der Waals surface area (Å²) >= 11 is 0. The molecule has 418 valence electrons. The highest BCUT2D eigenvalue weighted by Crippen LogP contribution is 2.25. The molecule has 5 aliphatic rings. The Kier molecular flexibility index (Phi) is 22.7. The summed E-state index contributed by atoms with van der Waals surface area (Å²) in [4.78, 5) is 114. The van der Waals surface area contributed by atoms with E-state index in [2.05, 4.69) is 5.14 Å². The lowest BCUT2D eigenvalue weighted by molar-refractivity contribution is -0.200. The molecule has 26 nitrogen and oxygen atoms in total. The molecule has 1 saturated carbocycles. The lowest BCUT2D eigenvalue weighted by Gasteiger charge is -2.23. The van der Waals surface area contributed by atoms with Crippen LogP contribution in [0, 0.1) is 5.92 Å². The van der Waals surface area contributed by atoms with E-state index >= 15 is 0 Å². The number of carboxylic acid groups (broad SMARTS) is 1. The van der Waals surface area contributed by atoms with Gasteiger partial charge in [0.25, 0.3) is 38.1 Å². The van der Waals surface area contributed by atoms with E-state index in [1.165, 1.54) is 14.7 Å². The van der Waals surface area contributed by atoms with Crippen molar-refractivity contribution in [2.45, 2.75) is 115 Å². The second-order valence-electron chi connectivity index (χ2n) is 18.0. The molecule has 4 aliphatic heterocycles. The van der Waals surface area contributed by atoms with E-state index in [1.54, 1.807) is 9.44 Å². The van der Waals surface area contributed by atoms with Gasteiger partial charge in [0.05, 0.1) is 0 Å². The fourth-order valence-corrected chi connectivity index (χ4v) is 9.43. The van der Waals surface area contributed by atoms with E-state index in [1.807, 2.05) is 91.0 Å². The normalized spacial score (nSPS) is 19.1. The van der Waals surface area contributed by atoms with Crippen molar-refractivity contribution in [3.05, 3.63) is 108 Å². The van der Waals surface area contributed by atoms with Crippen LogP contribution in [0.15, 0.2) is 91.0 Å². The van der Waals surface area contributed by atoms with Gasteiger partial charge >= 0.3 is 30.2 Å². The first-order valence-electron chi connectivity index (χ1n) is 24.5. The summed E-state index contributed by atoms with van der Waals surface area (Å²) in [6.07, 6.45) is 4.89. The number of imide groups is 1. The van der Waals surface area contributed by atoms with Crippen LogP contribution >= 0.6 is 0 Å². The quantitative estimate of drug-likeness (QED) is 0.121. The minimum Gasteiger partial charge on any atom is -0.480 e. The van der Waals surface area contributed by atoms with Gasteiger partial charge in [0, 0.05) is 38.4 Å². The topological polar surface area (TPSA) is 368 Å². The van der Waals surface area contributed by atoms with Gasteiger partial charge in [-0.1, -0.05) is 104 Å². The number of amides is 7. The van der Waals surface area contributed by atoms with Crippen molar-refractivity contribution in [1.82, 2.24) is 29.2 Å². The van der Waals surface area contributed by atoms with Gasteiger partial charge in [-0.05, 0) is 68.1 Å². The summed E-state index contributed by atoms with van der Waals surface area (Å²) < 4.78 is 61.6. The molecule has 0 unspecified atom stereocenters. The van der Waals surface area contributed by atoms with Gasteiger partial charge in [0.15, 0.2) is 0 Å². The number of hydrogen-bond donors (Lipinski definition) is 5. The van der Waals surface area contributed by atoms with Crippen LogP contribution in [-0.4, -0.2) is 133 Å². The van der Waals surface area contributed by atoms with Gasteiger partial charge < -0.3 is 24.2 Å². The minimum atomic E-state index is -4.14. The van der Waals surface area contributed by atoms with Gasteiger partial charge in [-0.2, -0.15) is 16.8 Å². The molecule has 7 amide bonds. The number of benzene rings is 3. The zero-order valence-corrected chi connectivity index (χ0v) is 43.5. The van der Waals surface area contributed by atoms with Crippen LogP contribution < -0.4 is 19.7 Å². The van der Waals surface area contributed by atoms with Crippen molar-refractivity contribution in [2.75, 3.05) is 19.6 Å². The monoisotopic (exact) mass is 1110 g/mol. The summed E-state index contributed by atoms with van der Waals surface area (Å²) in [7, 11) is -8.00. The number of nitrogens with two attached hydrogens (primary N) is 2. The third kappa shape index (κ3) is 19.8. The summed E-state index contributed by atoms with van der Waals surface area (Å²) in [6.45, 7) is 1.49. The number of aliphatic carboxylic acids is 1. The number of nitrogens with zero attached hydrogens (tertiary/aromatic N) is 4. The Balaban J connectivity index is 0.000000195. The maximum Gasteiger partial charge on any atom is 0.410 e. The first kappa shape index (κ1) is 60.2. The number of ether oxygens (including phenoxy) is 3. The minimum absolute atomic E-state index is 0.0274. The first-order chi connectivity index (χ1) is 36.6. The second kappa shape index (κ2) is 29.0. The number of hydroxylamine groups is 2. The Morgan fingerprint density at radius 1 is 0.506 bits per heavy atom. The van der Waals surface area contributed by atoms with E-state index in [-0.39, 0.29) is 38.6 Å². The van der Waals surface area contributed by atoms with Crippen molar-refractivity contribution in [3.63, 3.8) is 0 Å². The van der Waals surface area contributed by atoms with E-state index in [0.717, 1.165) is 42.4 Å². The Hall–Kier alpha value is -7.69. The number of likely N-dealkylation sites (tertiary alicyclic amines) is 3. The molecule has 4 heterocycles. The third-order valence-electron chi connectivity index (χ3n) is 12.3. The van der Waals surface area contributed by atoms with Crippen LogP contribution in [0.25, 0.3) is 0 Å². The maximum absolute atomic E-state index is 12.3. The van der Waals surface area contributed by atoms with Crippen LogP contribution in [0.2, 0.25) is 0 Å². The number of carbonyl (C=O) groups is 9. The van der Waals surface area contributed by atoms with Crippen molar-refractivity contribution in [3.8, 4) is 0 Å². The van der Waals surface area contributed by atoms with Crippen LogP contribution in [0.3, 0.4) is 0 Å². The number of hydrogen-bond acceptors (Lipinski definition) is 17. The molecule has 0 bridgehead atoms. The molecule has 1 aliphatic carbocycles. The SMILES string of the molecule is NS(=O)(=O)NC(=O)C1CCCC1.NS(=O)(=O)NC(=O)[C@H]1CCCN1C(=O)OCc1ccccc1.O=C(O)[C@H]1CCCN1C(=O)OCc1ccccc1.O=C(ON1C(=O)CCC1=O)[C@H]1CCCN1C(=O)OCc1ccccc1. The van der Waals surface area contributed by atoms with Crippen molar-refractivity contribution in [2.24, 2.45) is 16.2 Å². The average Bonchev–Trinajstić information content (AvgIpc) is 4.27. The van der Waals surface area contributed by atoms with Gasteiger partial charge in [-0.25, -0.2) is 43.7 Å². The highest BCUT2D eigenvalue weighted by Gasteiger charge is 2.41. The standard InChI is InChI=1S/C17H18N2O6.C13H17N3O5S.C13H15NO4.C6H12N2O3S/c20-14-8-9-15(21)19(14)25-16(22)13-7-4-10-18(13)17(23)24-11-12-5-2-1-3-6-12;14-22(19,20)15-12(17)11-7-4-8-16(11)13(18)21-9-10-5-2-1-3-6-10;15-12(16)11-7-4-8-14(11)13(17)18-9-10-5-2-1-3-6-10;7-12(10,11)8-6(9)5-3-1-2-4-5/h1-3,5-6,13H,4,7-11H2;1-3,5-6,11H,4,7-9H2,(H,15,17)(H2,14,19,20);1-3,5-6,11H,4,7-9H2,(H,15,16);5H,1-4H2,(H,8,9)(H2,7,10,11)/t13-;2*11-;/m111./s1. The molecule has 0 aromatic heterocycles. The maximum atomic E-state index is 12.3. The predicted octanol–water partition coefficient (Wildman–Crippen LogP) is 2.87. The Morgan fingerprint density at radius 3 is 1.25 bits per heavy atom. The van der Waals surface area contributed by atoms with Crippen LogP contribution in [0.5, 0.6) is 0 Å². The lowest BCUT2D eigenvalue weighted by atomic mass is 10.1. The molecule has 4 saturated heterocycles. The highest BCUT2D eigenvalue weighted by molar-refractivity contribution is 7.88. The number of rotatable bonds is 13. The highest BCUT2D eigenvalue weighted by atomic mass is 32.2. The summed E-state index contributed by atoms with van der Waals surface area (Å²) in [5.74, 6) is -4.30. The first-order valence-corrected chi connectivity index (χ1v) is 27.6. The molecule has 0 radical (unpaired) electrons. The van der Waals surface area contributed by atoms with Crippen molar-refractivity contribution in [1.29, 1.82) is 0 Å². The smallest absolute Gasteiger partial charge is 0.410 e. The molecule has 8 rings (SSSR count). The fourth-order valence-electron chi connectivity index (χ4n) is 8.57. The van der Waals surface area contributed by atoms with Gasteiger partial charge in [0.2, 0.25) is 5.91 Å². The molecule has 3 aromatic carbocycles. The van der Waals surface area contributed by atoms with Crippen LogP contribution in [-0.2, 0) is 88.1 Å². The Labute approximate surface area is 444 Å². The van der Waals surface area contributed by atoms with E-state index in [4.69, 9.17) is 29.3 Å². The van der Waals surface area contributed by atoms with Crippen LogP contribution in [0.4, 0.5) is 14.4 Å². The number of nitrogens with one attached hydrogen (secondary N) is 2. The molecule has 28 heteroatoms. The van der Waals surface area contributed by atoms with Gasteiger partial charge in [-0.15, -0.1) is 5.06 Å².